The van der Waals surface area contributed by atoms with Crippen molar-refractivity contribution in [2.75, 3.05) is 5.32 Å². The van der Waals surface area contributed by atoms with Crippen LogP contribution < -0.4 is 5.32 Å². The van der Waals surface area contributed by atoms with Crippen LogP contribution in [0.2, 0.25) is 0 Å². The quantitative estimate of drug-likeness (QED) is 0.764. The molecule has 1 heterocycles. The van der Waals surface area contributed by atoms with Gasteiger partial charge in [0.15, 0.2) is 0 Å². The normalized spacial score (nSPS) is 10.0. The Kier molecular flexibility index (Phi) is 3.66. The van der Waals surface area contributed by atoms with Gasteiger partial charge in [-0.1, -0.05) is 24.3 Å². The van der Waals surface area contributed by atoms with E-state index in [4.69, 9.17) is 5.26 Å². The summed E-state index contributed by atoms with van der Waals surface area (Å²) in [5.41, 5.74) is 4.92. The van der Waals surface area contributed by atoms with Crippen molar-refractivity contribution < 1.29 is 0 Å². The van der Waals surface area contributed by atoms with Gasteiger partial charge in [-0.3, -0.25) is 5.10 Å². The number of aromatic amines is 1. The van der Waals surface area contributed by atoms with E-state index in [9.17, 15) is 0 Å². The van der Waals surface area contributed by atoms with E-state index < -0.39 is 0 Å². The molecule has 0 aliphatic carbocycles. The van der Waals surface area contributed by atoms with Crippen molar-refractivity contribution in [1.29, 1.82) is 5.26 Å². The third-order valence-corrected chi connectivity index (χ3v) is 3.25. The van der Waals surface area contributed by atoms with E-state index in [2.05, 4.69) is 21.6 Å². The number of H-pyrrole nitrogens is 1. The second kappa shape index (κ2) is 5.93. The average molecular weight is 274 g/mol. The predicted molar refractivity (Wildman–Crippen MR) is 82.5 cm³/mol. The van der Waals surface area contributed by atoms with Gasteiger partial charge in [0.25, 0.3) is 0 Å². The van der Waals surface area contributed by atoms with Crippen LogP contribution in [-0.4, -0.2) is 10.2 Å². The highest BCUT2D eigenvalue weighted by Crippen LogP contribution is 2.19. The van der Waals surface area contributed by atoms with E-state index in [0.717, 1.165) is 22.5 Å². The number of nitriles is 1. The van der Waals surface area contributed by atoms with Gasteiger partial charge < -0.3 is 5.32 Å². The molecule has 0 atom stereocenters. The van der Waals surface area contributed by atoms with Gasteiger partial charge in [0.05, 0.1) is 17.3 Å². The fraction of sp³-hybridized carbons (Fsp3) is 0.0588. The maximum absolute atomic E-state index is 8.89. The minimum absolute atomic E-state index is 0.684. The van der Waals surface area contributed by atoms with Crippen LogP contribution in [0.5, 0.6) is 0 Å². The highest BCUT2D eigenvalue weighted by atomic mass is 15.1. The Morgan fingerprint density at radius 1 is 1.10 bits per heavy atom. The van der Waals surface area contributed by atoms with Crippen LogP contribution in [0.15, 0.2) is 60.8 Å². The van der Waals surface area contributed by atoms with E-state index in [1.54, 1.807) is 6.20 Å². The average Bonchev–Trinajstić information content (AvgIpc) is 3.08. The highest BCUT2D eigenvalue weighted by molar-refractivity contribution is 5.62. The first-order valence-electron chi connectivity index (χ1n) is 6.68. The molecular weight excluding hydrogens is 260 g/mol. The van der Waals surface area contributed by atoms with Gasteiger partial charge in [-0.25, -0.2) is 0 Å². The molecule has 0 aliphatic rings. The van der Waals surface area contributed by atoms with E-state index >= 15 is 0 Å². The van der Waals surface area contributed by atoms with Crippen LogP contribution in [0, 0.1) is 11.3 Å². The van der Waals surface area contributed by atoms with Crippen molar-refractivity contribution in [3.63, 3.8) is 0 Å². The molecule has 0 saturated carbocycles. The van der Waals surface area contributed by atoms with E-state index in [0.29, 0.717) is 12.1 Å². The van der Waals surface area contributed by atoms with Crippen LogP contribution in [0.3, 0.4) is 0 Å². The molecule has 3 rings (SSSR count). The lowest BCUT2D eigenvalue weighted by Gasteiger charge is -2.07. The van der Waals surface area contributed by atoms with E-state index in [-0.39, 0.29) is 0 Å². The first-order chi connectivity index (χ1) is 10.3. The number of hydrogen-bond acceptors (Lipinski definition) is 3. The maximum Gasteiger partial charge on any atom is 0.0991 e. The van der Waals surface area contributed by atoms with Gasteiger partial charge in [-0.2, -0.15) is 10.4 Å². The summed E-state index contributed by atoms with van der Waals surface area (Å²) in [5.74, 6) is 0. The van der Waals surface area contributed by atoms with Crippen molar-refractivity contribution in [1.82, 2.24) is 10.2 Å². The van der Waals surface area contributed by atoms with Gasteiger partial charge >= 0.3 is 0 Å². The zero-order valence-corrected chi connectivity index (χ0v) is 11.4. The SMILES string of the molecule is N#Cc1cccc(CNc2ccc(-c3ccn[nH]3)cc2)c1. The third-order valence-electron chi connectivity index (χ3n) is 3.25. The Morgan fingerprint density at radius 2 is 1.95 bits per heavy atom. The molecule has 3 aromatic rings. The first-order valence-corrected chi connectivity index (χ1v) is 6.68. The zero-order chi connectivity index (χ0) is 14.5. The Hall–Kier alpha value is -3.06. The molecule has 0 saturated heterocycles. The summed E-state index contributed by atoms with van der Waals surface area (Å²) in [6.45, 7) is 0.693. The largest absolute Gasteiger partial charge is 0.381 e. The fourth-order valence-electron chi connectivity index (χ4n) is 2.14. The monoisotopic (exact) mass is 274 g/mol. The van der Waals surface area contributed by atoms with Crippen molar-refractivity contribution >= 4 is 5.69 Å². The minimum atomic E-state index is 0.684. The van der Waals surface area contributed by atoms with Crippen molar-refractivity contribution in [3.8, 4) is 17.3 Å². The number of benzene rings is 2. The molecule has 0 aliphatic heterocycles. The van der Waals surface area contributed by atoms with Crippen molar-refractivity contribution in [3.05, 3.63) is 71.9 Å². The number of anilines is 1. The lowest BCUT2D eigenvalue weighted by atomic mass is 10.1. The molecule has 0 amide bonds. The van der Waals surface area contributed by atoms with Crippen molar-refractivity contribution in [2.45, 2.75) is 6.54 Å². The summed E-state index contributed by atoms with van der Waals surface area (Å²) in [6.07, 6.45) is 1.74. The van der Waals surface area contributed by atoms with Gasteiger partial charge in [0, 0.05) is 18.4 Å². The topological polar surface area (TPSA) is 64.5 Å². The second-order valence-electron chi connectivity index (χ2n) is 4.71. The van der Waals surface area contributed by atoms with Gasteiger partial charge in [-0.05, 0) is 41.5 Å². The lowest BCUT2D eigenvalue weighted by Crippen LogP contribution is -1.99. The van der Waals surface area contributed by atoms with Crippen molar-refractivity contribution in [2.24, 2.45) is 0 Å². The second-order valence-corrected chi connectivity index (χ2v) is 4.71. The Morgan fingerprint density at radius 3 is 2.67 bits per heavy atom. The molecule has 0 fully saturated rings. The molecule has 0 bridgehead atoms. The first kappa shape index (κ1) is 12.9. The minimum Gasteiger partial charge on any atom is -0.381 e. The lowest BCUT2D eigenvalue weighted by molar-refractivity contribution is 1.09. The Labute approximate surface area is 123 Å². The highest BCUT2D eigenvalue weighted by Gasteiger charge is 1.99. The summed E-state index contributed by atoms with van der Waals surface area (Å²) in [6, 6.07) is 19.9. The molecule has 2 aromatic carbocycles. The summed E-state index contributed by atoms with van der Waals surface area (Å²) in [5, 5.41) is 19.1. The molecule has 1 aromatic heterocycles. The van der Waals surface area contributed by atoms with E-state index in [1.165, 1.54) is 0 Å². The van der Waals surface area contributed by atoms with Crippen LogP contribution in [-0.2, 0) is 6.54 Å². The number of nitrogens with zero attached hydrogens (tertiary/aromatic N) is 2. The van der Waals surface area contributed by atoms with Gasteiger partial charge in [0.1, 0.15) is 0 Å². The predicted octanol–water partition coefficient (Wildman–Crippen LogP) is 3.56. The van der Waals surface area contributed by atoms with Gasteiger partial charge in [0.2, 0.25) is 0 Å². The molecular formula is C17H14N4. The standard InChI is InChI=1S/C17H14N4/c18-11-13-2-1-3-14(10-13)12-19-16-6-4-15(5-7-16)17-8-9-20-21-17/h1-10,19H,12H2,(H,20,21). The number of aromatic nitrogens is 2. The third kappa shape index (κ3) is 3.10. The zero-order valence-electron chi connectivity index (χ0n) is 11.4. The number of nitrogens with one attached hydrogen (secondary N) is 2. The molecule has 102 valence electrons. The maximum atomic E-state index is 8.89. The van der Waals surface area contributed by atoms with E-state index in [1.807, 2.05) is 54.6 Å². The Balaban J connectivity index is 1.67. The molecule has 2 N–H and O–H groups in total. The van der Waals surface area contributed by atoms with Crippen LogP contribution in [0.4, 0.5) is 5.69 Å². The summed E-state index contributed by atoms with van der Waals surface area (Å²) >= 11 is 0. The smallest absolute Gasteiger partial charge is 0.0991 e. The summed E-state index contributed by atoms with van der Waals surface area (Å²) < 4.78 is 0. The van der Waals surface area contributed by atoms with Crippen LogP contribution in [0.1, 0.15) is 11.1 Å². The van der Waals surface area contributed by atoms with Gasteiger partial charge in [-0.15, -0.1) is 0 Å². The fourth-order valence-corrected chi connectivity index (χ4v) is 2.14. The Bertz CT molecular complexity index is 752. The number of rotatable bonds is 4. The summed E-state index contributed by atoms with van der Waals surface area (Å²) in [7, 11) is 0. The van der Waals surface area contributed by atoms with Crippen LogP contribution in [0.25, 0.3) is 11.3 Å². The molecule has 4 nitrogen and oxygen atoms in total. The van der Waals surface area contributed by atoms with Crippen LogP contribution >= 0.6 is 0 Å². The molecule has 4 heteroatoms. The molecule has 21 heavy (non-hydrogen) atoms. The molecule has 0 spiro atoms. The molecule has 0 unspecified atom stereocenters. The number of hydrogen-bond donors (Lipinski definition) is 2. The summed E-state index contributed by atoms with van der Waals surface area (Å²) in [4.78, 5) is 0. The molecule has 0 radical (unpaired) electrons.